The van der Waals surface area contributed by atoms with E-state index in [1.54, 1.807) is 6.07 Å². The van der Waals surface area contributed by atoms with Crippen LogP contribution < -0.4 is 5.32 Å². The van der Waals surface area contributed by atoms with Gasteiger partial charge in [-0.05, 0) is 38.1 Å². The van der Waals surface area contributed by atoms with Crippen LogP contribution >= 0.6 is 0 Å². The lowest BCUT2D eigenvalue weighted by Gasteiger charge is -2.18. The molecule has 1 aromatic rings. The Kier molecular flexibility index (Phi) is 5.82. The summed E-state index contributed by atoms with van der Waals surface area (Å²) in [5.41, 5.74) is 0. The topological polar surface area (TPSA) is 65.7 Å². The van der Waals surface area contributed by atoms with E-state index in [2.05, 4.69) is 24.1 Å². The summed E-state index contributed by atoms with van der Waals surface area (Å²) in [6.07, 6.45) is 2.97. The molecular weight excluding hydrogens is 268 g/mol. The predicted molar refractivity (Wildman–Crippen MR) is 81.0 cm³/mol. The van der Waals surface area contributed by atoms with Gasteiger partial charge in [0.1, 0.15) is 5.76 Å². The second kappa shape index (κ2) is 7.61. The van der Waals surface area contributed by atoms with Crippen LogP contribution in [0.1, 0.15) is 49.4 Å². The molecule has 0 saturated heterocycles. The van der Waals surface area contributed by atoms with Crippen LogP contribution in [-0.4, -0.2) is 41.7 Å². The Labute approximate surface area is 126 Å². The first-order chi connectivity index (χ1) is 10.2. The van der Waals surface area contributed by atoms with Gasteiger partial charge in [-0.15, -0.1) is 0 Å². The average molecular weight is 294 g/mol. The molecule has 0 bridgehead atoms. The molecule has 1 fully saturated rings. The van der Waals surface area contributed by atoms with E-state index in [0.717, 1.165) is 44.7 Å². The SMILES string of the molecule is CCN(CC)Cc1ccc(C(=O)NC2CCCC2CO)o1. The molecule has 1 amide bonds. The molecule has 2 rings (SSSR count). The van der Waals surface area contributed by atoms with Crippen LogP contribution in [0.5, 0.6) is 0 Å². The van der Waals surface area contributed by atoms with E-state index >= 15 is 0 Å². The first-order valence-electron chi connectivity index (χ1n) is 7.90. The molecule has 1 heterocycles. The highest BCUT2D eigenvalue weighted by Gasteiger charge is 2.28. The third-order valence-corrected chi connectivity index (χ3v) is 4.37. The number of carbonyl (C=O) groups is 1. The molecule has 1 aliphatic rings. The van der Waals surface area contributed by atoms with E-state index in [4.69, 9.17) is 4.42 Å². The minimum absolute atomic E-state index is 0.0684. The molecule has 0 aromatic carbocycles. The number of hydrogen-bond acceptors (Lipinski definition) is 4. The van der Waals surface area contributed by atoms with Gasteiger partial charge in [0.15, 0.2) is 5.76 Å². The highest BCUT2D eigenvalue weighted by Crippen LogP contribution is 2.25. The summed E-state index contributed by atoms with van der Waals surface area (Å²) in [4.78, 5) is 14.4. The average Bonchev–Trinajstić information content (AvgIpc) is 3.13. The largest absolute Gasteiger partial charge is 0.455 e. The molecule has 5 heteroatoms. The summed E-state index contributed by atoms with van der Waals surface area (Å²) in [5, 5.41) is 12.3. The van der Waals surface area contributed by atoms with E-state index in [9.17, 15) is 9.90 Å². The minimum Gasteiger partial charge on any atom is -0.455 e. The number of furan rings is 1. The van der Waals surface area contributed by atoms with Gasteiger partial charge in [0.25, 0.3) is 5.91 Å². The van der Waals surface area contributed by atoms with Crippen molar-refractivity contribution in [2.75, 3.05) is 19.7 Å². The number of nitrogens with one attached hydrogen (secondary N) is 1. The Bertz CT molecular complexity index is 454. The second-order valence-electron chi connectivity index (χ2n) is 5.68. The quantitative estimate of drug-likeness (QED) is 0.807. The molecule has 1 aromatic heterocycles. The first kappa shape index (κ1) is 16.0. The fraction of sp³-hybridized carbons (Fsp3) is 0.688. The summed E-state index contributed by atoms with van der Waals surface area (Å²) < 4.78 is 5.64. The second-order valence-corrected chi connectivity index (χ2v) is 5.68. The normalized spacial score (nSPS) is 21.9. The van der Waals surface area contributed by atoms with Crippen molar-refractivity contribution < 1.29 is 14.3 Å². The van der Waals surface area contributed by atoms with E-state index in [1.807, 2.05) is 6.07 Å². The van der Waals surface area contributed by atoms with Crippen LogP contribution in [0.25, 0.3) is 0 Å². The molecule has 1 aliphatic carbocycles. The molecule has 1 saturated carbocycles. The zero-order valence-electron chi connectivity index (χ0n) is 13.0. The number of nitrogens with zero attached hydrogens (tertiary/aromatic N) is 1. The van der Waals surface area contributed by atoms with Gasteiger partial charge in [-0.2, -0.15) is 0 Å². The van der Waals surface area contributed by atoms with Crippen molar-refractivity contribution in [3.05, 3.63) is 23.7 Å². The van der Waals surface area contributed by atoms with E-state index in [0.29, 0.717) is 5.76 Å². The minimum atomic E-state index is -0.175. The van der Waals surface area contributed by atoms with Gasteiger partial charge < -0.3 is 14.8 Å². The van der Waals surface area contributed by atoms with Crippen LogP contribution in [0.2, 0.25) is 0 Å². The van der Waals surface area contributed by atoms with E-state index in [1.165, 1.54) is 0 Å². The van der Waals surface area contributed by atoms with Gasteiger partial charge in [-0.1, -0.05) is 20.3 Å². The summed E-state index contributed by atoms with van der Waals surface area (Å²) in [7, 11) is 0. The molecule has 0 spiro atoms. The number of hydrogen-bond donors (Lipinski definition) is 2. The summed E-state index contributed by atoms with van der Waals surface area (Å²) in [5.74, 6) is 1.18. The third-order valence-electron chi connectivity index (χ3n) is 4.37. The molecule has 0 aliphatic heterocycles. The number of aliphatic hydroxyl groups excluding tert-OH is 1. The first-order valence-corrected chi connectivity index (χ1v) is 7.90. The number of aliphatic hydroxyl groups is 1. The van der Waals surface area contributed by atoms with Crippen LogP contribution in [0.15, 0.2) is 16.5 Å². The maximum Gasteiger partial charge on any atom is 0.287 e. The van der Waals surface area contributed by atoms with Crippen LogP contribution in [0.3, 0.4) is 0 Å². The monoisotopic (exact) mass is 294 g/mol. The zero-order chi connectivity index (χ0) is 15.2. The van der Waals surface area contributed by atoms with Crippen LogP contribution in [-0.2, 0) is 6.54 Å². The highest BCUT2D eigenvalue weighted by molar-refractivity contribution is 5.91. The Morgan fingerprint density at radius 3 is 2.81 bits per heavy atom. The maximum absolute atomic E-state index is 12.2. The van der Waals surface area contributed by atoms with Crippen LogP contribution in [0.4, 0.5) is 0 Å². The Morgan fingerprint density at radius 2 is 2.14 bits per heavy atom. The molecule has 0 radical (unpaired) electrons. The Balaban J connectivity index is 1.92. The van der Waals surface area contributed by atoms with Crippen molar-refractivity contribution >= 4 is 5.91 Å². The summed E-state index contributed by atoms with van der Waals surface area (Å²) in [6.45, 7) is 6.99. The van der Waals surface area contributed by atoms with Crippen molar-refractivity contribution in [1.82, 2.24) is 10.2 Å². The molecule has 21 heavy (non-hydrogen) atoms. The molecule has 2 unspecified atom stereocenters. The summed E-state index contributed by atoms with van der Waals surface area (Å²) in [6, 6.07) is 3.67. The fourth-order valence-corrected chi connectivity index (χ4v) is 2.94. The standard InChI is InChI=1S/C16H26N2O3/c1-3-18(4-2)10-13-8-9-15(21-13)16(20)17-14-7-5-6-12(14)11-19/h8-9,12,14,19H,3-7,10-11H2,1-2H3,(H,17,20). The van der Waals surface area contributed by atoms with Crippen molar-refractivity contribution in [3.63, 3.8) is 0 Å². The third kappa shape index (κ3) is 4.08. The van der Waals surface area contributed by atoms with Gasteiger partial charge in [0, 0.05) is 18.6 Å². The number of amides is 1. The van der Waals surface area contributed by atoms with Gasteiger partial charge in [-0.25, -0.2) is 0 Å². The smallest absolute Gasteiger partial charge is 0.287 e. The fourth-order valence-electron chi connectivity index (χ4n) is 2.94. The van der Waals surface area contributed by atoms with Crippen LogP contribution in [0, 0.1) is 5.92 Å². The lowest BCUT2D eigenvalue weighted by Crippen LogP contribution is -2.38. The van der Waals surface area contributed by atoms with Gasteiger partial charge >= 0.3 is 0 Å². The van der Waals surface area contributed by atoms with Crippen molar-refractivity contribution in [2.45, 2.75) is 45.7 Å². The van der Waals surface area contributed by atoms with Crippen molar-refractivity contribution in [3.8, 4) is 0 Å². The molecule has 5 nitrogen and oxygen atoms in total. The zero-order valence-corrected chi connectivity index (χ0v) is 13.0. The summed E-state index contributed by atoms with van der Waals surface area (Å²) >= 11 is 0. The lowest BCUT2D eigenvalue weighted by atomic mass is 10.1. The van der Waals surface area contributed by atoms with Crippen molar-refractivity contribution in [1.29, 1.82) is 0 Å². The highest BCUT2D eigenvalue weighted by atomic mass is 16.4. The molecule has 2 atom stereocenters. The number of carbonyl (C=O) groups excluding carboxylic acids is 1. The molecule has 2 N–H and O–H groups in total. The molecule has 118 valence electrons. The maximum atomic E-state index is 12.2. The van der Waals surface area contributed by atoms with Gasteiger partial charge in [-0.3, -0.25) is 9.69 Å². The Hall–Kier alpha value is -1.33. The van der Waals surface area contributed by atoms with Gasteiger partial charge in [0.05, 0.1) is 6.54 Å². The van der Waals surface area contributed by atoms with E-state index < -0.39 is 0 Å². The Morgan fingerprint density at radius 1 is 1.38 bits per heavy atom. The number of rotatable bonds is 7. The molecular formula is C16H26N2O3. The van der Waals surface area contributed by atoms with Gasteiger partial charge in [0.2, 0.25) is 0 Å². The van der Waals surface area contributed by atoms with Crippen molar-refractivity contribution in [2.24, 2.45) is 5.92 Å². The van der Waals surface area contributed by atoms with E-state index in [-0.39, 0.29) is 24.5 Å². The lowest BCUT2D eigenvalue weighted by molar-refractivity contribution is 0.0884. The predicted octanol–water partition coefficient (Wildman–Crippen LogP) is 2.01.